The van der Waals surface area contributed by atoms with Gasteiger partial charge in [0, 0.05) is 28.7 Å². The Morgan fingerprint density at radius 3 is 2.30 bits per heavy atom. The number of esters is 1. The molecule has 0 spiro atoms. The first-order valence-corrected chi connectivity index (χ1v) is 17.7. The van der Waals surface area contributed by atoms with E-state index in [-0.39, 0.29) is 41.1 Å². The van der Waals surface area contributed by atoms with Crippen LogP contribution in [0.15, 0.2) is 11.6 Å². The highest BCUT2D eigenvalue weighted by Crippen LogP contribution is 2.74. The Morgan fingerprint density at radius 1 is 1.09 bits per heavy atom. The van der Waals surface area contributed by atoms with Gasteiger partial charge in [-0.3, -0.25) is 14.4 Å². The lowest BCUT2D eigenvalue weighted by atomic mass is 9.34. The van der Waals surface area contributed by atoms with Crippen molar-refractivity contribution in [3.05, 3.63) is 11.6 Å². The third-order valence-corrected chi connectivity index (χ3v) is 15.1. The van der Waals surface area contributed by atoms with Crippen molar-refractivity contribution >= 4 is 17.7 Å². The number of carbonyl (C=O) groups excluding carboxylic acids is 2. The summed E-state index contributed by atoms with van der Waals surface area (Å²) in [4.78, 5) is 42.9. The molecular weight excluding hydrogens is 582 g/mol. The molecule has 0 radical (unpaired) electrons. The molecule has 5 rings (SSSR count). The number of carbonyl (C=O) groups is 3. The van der Waals surface area contributed by atoms with Gasteiger partial charge in [0.25, 0.3) is 0 Å². The number of likely N-dealkylation sites (N-methyl/N-ethyl adjacent to an activating group) is 1. The largest absolute Gasteiger partial charge is 0.481 e. The van der Waals surface area contributed by atoms with Gasteiger partial charge in [0.1, 0.15) is 12.2 Å². The molecule has 3 saturated carbocycles. The first-order valence-electron chi connectivity index (χ1n) is 17.7. The van der Waals surface area contributed by atoms with Gasteiger partial charge >= 0.3 is 11.9 Å². The Hall–Kier alpha value is -1.77. The monoisotopic (exact) mass is 643 g/mol. The second kappa shape index (κ2) is 11.4. The van der Waals surface area contributed by atoms with E-state index in [1.807, 2.05) is 27.1 Å². The first kappa shape index (κ1) is 35.5. The van der Waals surface area contributed by atoms with Crippen LogP contribution in [0.5, 0.6) is 0 Å². The number of carboxylic acids is 1. The van der Waals surface area contributed by atoms with Crippen LogP contribution in [0.3, 0.4) is 0 Å². The minimum Gasteiger partial charge on any atom is -0.481 e. The fourth-order valence-corrected chi connectivity index (χ4v) is 11.4. The smallest absolute Gasteiger partial charge is 0.308 e. The lowest BCUT2D eigenvalue weighted by molar-refractivity contribution is -0.269. The SMILES string of the molecule is CC(=O)O[C@@H]1C[C@]23COC[C@](C)(C2CCC2C3=CC(=O)[C@@]3(C)[C@H](C(=O)O)[C@@](C)([C@H](C)C(C)C)CC[C@]23C)[C@H]1OCC(C)(C)N(C)C. The van der Waals surface area contributed by atoms with Crippen LogP contribution >= 0.6 is 0 Å². The van der Waals surface area contributed by atoms with E-state index in [0.29, 0.717) is 32.2 Å². The minimum atomic E-state index is -1.04. The topological polar surface area (TPSA) is 102 Å². The van der Waals surface area contributed by atoms with E-state index in [0.717, 1.165) is 31.3 Å². The lowest BCUT2D eigenvalue weighted by Gasteiger charge is -2.70. The molecule has 1 heterocycles. The zero-order chi connectivity index (χ0) is 34.4. The molecule has 0 aromatic heterocycles. The second-order valence-corrected chi connectivity index (χ2v) is 18.0. The molecule has 11 atom stereocenters. The summed E-state index contributed by atoms with van der Waals surface area (Å²) in [7, 11) is 4.08. The zero-order valence-corrected chi connectivity index (χ0v) is 30.6. The van der Waals surface area contributed by atoms with Crippen molar-refractivity contribution < 1.29 is 33.7 Å². The van der Waals surface area contributed by atoms with Crippen LogP contribution in [0.2, 0.25) is 0 Å². The van der Waals surface area contributed by atoms with Crippen molar-refractivity contribution in [1.29, 1.82) is 0 Å². The van der Waals surface area contributed by atoms with Crippen molar-refractivity contribution in [1.82, 2.24) is 4.90 Å². The third kappa shape index (κ3) is 4.80. The Bertz CT molecular complexity index is 1290. The van der Waals surface area contributed by atoms with Gasteiger partial charge in [-0.05, 0) is 101 Å². The Kier molecular flexibility index (Phi) is 8.81. The van der Waals surface area contributed by atoms with Crippen LogP contribution < -0.4 is 0 Å². The molecule has 8 nitrogen and oxygen atoms in total. The predicted molar refractivity (Wildman–Crippen MR) is 177 cm³/mol. The summed E-state index contributed by atoms with van der Waals surface area (Å²) < 4.78 is 19.4. The van der Waals surface area contributed by atoms with Gasteiger partial charge in [0.2, 0.25) is 0 Å². The summed E-state index contributed by atoms with van der Waals surface area (Å²) in [6.07, 6.45) is 4.95. The Labute approximate surface area is 277 Å². The fourth-order valence-electron chi connectivity index (χ4n) is 11.4. The summed E-state index contributed by atoms with van der Waals surface area (Å²) in [6, 6.07) is 0. The number of ether oxygens (including phenoxy) is 3. The molecular formula is C38H61NO7. The summed E-state index contributed by atoms with van der Waals surface area (Å²) in [6.45, 7) is 22.2. The maximum Gasteiger partial charge on any atom is 0.308 e. The third-order valence-electron chi connectivity index (χ3n) is 15.1. The van der Waals surface area contributed by atoms with Gasteiger partial charge in [0.05, 0.1) is 25.7 Å². The van der Waals surface area contributed by atoms with Gasteiger partial charge in [-0.2, -0.15) is 0 Å². The van der Waals surface area contributed by atoms with Crippen molar-refractivity contribution in [2.24, 2.45) is 56.7 Å². The molecule has 8 heteroatoms. The van der Waals surface area contributed by atoms with Gasteiger partial charge in [-0.25, -0.2) is 0 Å². The normalized spacial score (nSPS) is 44.5. The van der Waals surface area contributed by atoms with E-state index in [4.69, 9.17) is 14.2 Å². The minimum absolute atomic E-state index is 0.0428. The number of allylic oxidation sites excluding steroid dienone is 1. The number of ketones is 1. The number of nitrogens with zero attached hydrogens (tertiary/aromatic N) is 1. The molecule has 2 unspecified atom stereocenters. The van der Waals surface area contributed by atoms with E-state index >= 15 is 0 Å². The highest BCUT2D eigenvalue weighted by atomic mass is 16.6. The molecule has 1 N–H and O–H groups in total. The molecule has 2 bridgehead atoms. The van der Waals surface area contributed by atoms with Gasteiger partial charge < -0.3 is 24.2 Å². The van der Waals surface area contributed by atoms with E-state index < -0.39 is 45.1 Å². The Morgan fingerprint density at radius 2 is 1.74 bits per heavy atom. The van der Waals surface area contributed by atoms with Crippen LogP contribution in [0, 0.1) is 56.7 Å². The van der Waals surface area contributed by atoms with Gasteiger partial charge in [0.15, 0.2) is 5.78 Å². The number of aliphatic carboxylic acids is 1. The molecule has 260 valence electrons. The number of hydrogen-bond acceptors (Lipinski definition) is 7. The van der Waals surface area contributed by atoms with E-state index in [1.54, 1.807) is 0 Å². The van der Waals surface area contributed by atoms with Crippen molar-refractivity contribution in [3.63, 3.8) is 0 Å². The summed E-state index contributed by atoms with van der Waals surface area (Å²) >= 11 is 0. The van der Waals surface area contributed by atoms with Crippen molar-refractivity contribution in [3.8, 4) is 0 Å². The number of fused-ring (bicyclic) bond motifs is 3. The first-order chi connectivity index (χ1) is 21.1. The van der Waals surface area contributed by atoms with E-state index in [2.05, 4.69) is 60.3 Å². The Balaban J connectivity index is 1.62. The summed E-state index contributed by atoms with van der Waals surface area (Å²) in [5, 5.41) is 10.9. The molecule has 0 aromatic rings. The standard InChI is InChI=1S/C38H61NO7/c1-22(2)23(3)34(7)15-16-36(9)25-13-14-28-35(8)20-44-21-38(28,26(25)17-29(41)37(36,10)30(34)32(42)43)18-27(46-24(4)40)31(35)45-19-33(5,6)39(11)12/h17,22-23,25,27-28,30-31H,13-16,18-21H2,1-12H3,(H,42,43)/t23-,25?,27-,28?,30-,31+,34-,35-,36-,37+,38-/m1/s1. The predicted octanol–water partition coefficient (Wildman–Crippen LogP) is 6.41. The maximum atomic E-state index is 14.8. The molecule has 5 aliphatic rings. The van der Waals surface area contributed by atoms with Crippen molar-refractivity contribution in [2.75, 3.05) is 33.9 Å². The molecule has 0 amide bonds. The zero-order valence-electron chi connectivity index (χ0n) is 30.6. The highest BCUT2D eigenvalue weighted by molar-refractivity contribution is 6.00. The quantitative estimate of drug-likeness (QED) is 0.303. The molecule has 1 aliphatic heterocycles. The van der Waals surface area contributed by atoms with Crippen LogP contribution in [-0.2, 0) is 28.6 Å². The van der Waals surface area contributed by atoms with Crippen LogP contribution in [-0.4, -0.2) is 79.4 Å². The summed E-state index contributed by atoms with van der Waals surface area (Å²) in [5.41, 5.74) is -2.12. The average molecular weight is 644 g/mol. The number of hydrogen-bond donors (Lipinski definition) is 1. The molecule has 0 aromatic carbocycles. The van der Waals surface area contributed by atoms with E-state index in [1.165, 1.54) is 6.92 Å². The molecule has 4 fully saturated rings. The highest BCUT2D eigenvalue weighted by Gasteiger charge is 2.74. The van der Waals surface area contributed by atoms with E-state index in [9.17, 15) is 19.5 Å². The maximum absolute atomic E-state index is 14.8. The molecule has 4 aliphatic carbocycles. The molecule has 1 saturated heterocycles. The second-order valence-electron chi connectivity index (χ2n) is 18.0. The van der Waals surface area contributed by atoms with Crippen LogP contribution in [0.4, 0.5) is 0 Å². The number of rotatable bonds is 8. The average Bonchev–Trinajstić information content (AvgIpc) is 2.93. The van der Waals surface area contributed by atoms with Gasteiger partial charge in [-0.1, -0.05) is 54.0 Å². The van der Waals surface area contributed by atoms with Crippen LogP contribution in [0.25, 0.3) is 0 Å². The van der Waals surface area contributed by atoms with Crippen LogP contribution in [0.1, 0.15) is 101 Å². The number of carboxylic acid groups (broad SMARTS) is 1. The van der Waals surface area contributed by atoms with Crippen molar-refractivity contribution in [2.45, 2.75) is 119 Å². The lowest BCUT2D eigenvalue weighted by Crippen LogP contribution is -2.71. The fraction of sp³-hybridized carbons (Fsp3) is 0.868. The van der Waals surface area contributed by atoms with Gasteiger partial charge in [-0.15, -0.1) is 0 Å². The molecule has 46 heavy (non-hydrogen) atoms. The summed E-state index contributed by atoms with van der Waals surface area (Å²) in [5.74, 6) is -1.37.